The molecule has 1 saturated carbocycles. The SMILES string of the molecule is CCO[C@H]1C[C@@H](CO)[C@](CC(=S)NC(=O)c2ccccc2)(c2ccccc2F)C1. The zero-order valence-corrected chi connectivity index (χ0v) is 17.3. The van der Waals surface area contributed by atoms with Gasteiger partial charge >= 0.3 is 0 Å². The van der Waals surface area contributed by atoms with Gasteiger partial charge in [0.2, 0.25) is 0 Å². The third-order valence-electron chi connectivity index (χ3n) is 5.72. The van der Waals surface area contributed by atoms with E-state index in [-0.39, 0.29) is 36.8 Å². The average molecular weight is 416 g/mol. The van der Waals surface area contributed by atoms with E-state index in [1.807, 2.05) is 13.0 Å². The molecule has 0 saturated heterocycles. The molecule has 0 unspecified atom stereocenters. The molecule has 1 amide bonds. The van der Waals surface area contributed by atoms with Crippen molar-refractivity contribution in [1.82, 2.24) is 5.32 Å². The lowest BCUT2D eigenvalue weighted by atomic mass is 9.69. The first-order valence-electron chi connectivity index (χ1n) is 9.87. The summed E-state index contributed by atoms with van der Waals surface area (Å²) in [5, 5.41) is 12.9. The van der Waals surface area contributed by atoms with Crippen LogP contribution in [0, 0.1) is 11.7 Å². The second-order valence-corrected chi connectivity index (χ2v) is 7.95. The van der Waals surface area contributed by atoms with E-state index >= 15 is 0 Å². The Morgan fingerprint density at radius 2 is 1.93 bits per heavy atom. The van der Waals surface area contributed by atoms with Crippen molar-refractivity contribution in [3.05, 3.63) is 71.5 Å². The number of carbonyl (C=O) groups excluding carboxylic acids is 1. The Hall–Kier alpha value is -2.15. The normalized spacial score (nSPS) is 23.7. The molecule has 1 fully saturated rings. The molecule has 0 heterocycles. The monoisotopic (exact) mass is 415 g/mol. The van der Waals surface area contributed by atoms with Crippen LogP contribution in [-0.2, 0) is 10.2 Å². The summed E-state index contributed by atoms with van der Waals surface area (Å²) in [6.07, 6.45) is 1.32. The number of hydrogen-bond donors (Lipinski definition) is 2. The van der Waals surface area contributed by atoms with E-state index in [2.05, 4.69) is 5.32 Å². The first-order chi connectivity index (χ1) is 14.0. The van der Waals surface area contributed by atoms with Crippen LogP contribution >= 0.6 is 12.2 Å². The maximum atomic E-state index is 14.8. The van der Waals surface area contributed by atoms with Gasteiger partial charge in [-0.3, -0.25) is 4.79 Å². The maximum Gasteiger partial charge on any atom is 0.256 e. The highest BCUT2D eigenvalue weighted by molar-refractivity contribution is 7.80. The summed E-state index contributed by atoms with van der Waals surface area (Å²) < 4.78 is 20.7. The minimum absolute atomic E-state index is 0.0932. The molecule has 0 aromatic heterocycles. The topological polar surface area (TPSA) is 58.6 Å². The third-order valence-corrected chi connectivity index (χ3v) is 5.97. The van der Waals surface area contributed by atoms with Gasteiger partial charge in [0.1, 0.15) is 5.82 Å². The second kappa shape index (κ2) is 9.57. The number of rotatable bonds is 7. The molecule has 2 aromatic carbocycles. The van der Waals surface area contributed by atoms with Gasteiger partial charge in [0.15, 0.2) is 0 Å². The van der Waals surface area contributed by atoms with E-state index in [1.165, 1.54) is 6.07 Å². The predicted molar refractivity (Wildman–Crippen MR) is 114 cm³/mol. The molecule has 154 valence electrons. The number of thiocarbonyl (C=S) groups is 1. The van der Waals surface area contributed by atoms with Crippen LogP contribution in [-0.4, -0.2) is 35.3 Å². The van der Waals surface area contributed by atoms with E-state index in [0.29, 0.717) is 35.6 Å². The highest BCUT2D eigenvalue weighted by Crippen LogP contribution is 2.50. The zero-order valence-electron chi connectivity index (χ0n) is 16.4. The van der Waals surface area contributed by atoms with Crippen molar-refractivity contribution >= 4 is 23.1 Å². The van der Waals surface area contributed by atoms with Crippen LogP contribution in [0.25, 0.3) is 0 Å². The molecule has 2 aromatic rings. The van der Waals surface area contributed by atoms with Gasteiger partial charge in [-0.25, -0.2) is 4.39 Å². The highest BCUT2D eigenvalue weighted by atomic mass is 32.1. The molecular formula is C23H26FNO3S. The first kappa shape index (κ1) is 21.6. The quantitative estimate of drug-likeness (QED) is 0.671. The molecule has 3 atom stereocenters. The summed E-state index contributed by atoms with van der Waals surface area (Å²) in [5.41, 5.74) is 0.283. The van der Waals surface area contributed by atoms with Gasteiger partial charge < -0.3 is 15.2 Å². The summed E-state index contributed by atoms with van der Waals surface area (Å²) in [4.78, 5) is 12.8. The van der Waals surface area contributed by atoms with Gasteiger partial charge in [-0.1, -0.05) is 48.6 Å². The molecule has 3 rings (SSSR count). The summed E-state index contributed by atoms with van der Waals surface area (Å²) >= 11 is 5.51. The molecule has 4 nitrogen and oxygen atoms in total. The van der Waals surface area contributed by atoms with Crippen molar-refractivity contribution in [1.29, 1.82) is 0 Å². The lowest BCUT2D eigenvalue weighted by Crippen LogP contribution is -2.41. The van der Waals surface area contributed by atoms with Gasteiger partial charge in [0.05, 0.1) is 11.1 Å². The van der Waals surface area contributed by atoms with Crippen LogP contribution in [0.1, 0.15) is 42.1 Å². The lowest BCUT2D eigenvalue weighted by molar-refractivity contribution is 0.0612. The van der Waals surface area contributed by atoms with E-state index in [4.69, 9.17) is 17.0 Å². The van der Waals surface area contributed by atoms with Crippen LogP contribution in [0.15, 0.2) is 54.6 Å². The predicted octanol–water partition coefficient (Wildman–Crippen LogP) is 4.02. The van der Waals surface area contributed by atoms with Crippen LogP contribution in [0.2, 0.25) is 0 Å². The molecule has 1 aliphatic carbocycles. The van der Waals surface area contributed by atoms with Crippen molar-refractivity contribution in [3.8, 4) is 0 Å². The Balaban J connectivity index is 1.89. The highest BCUT2D eigenvalue weighted by Gasteiger charge is 2.50. The lowest BCUT2D eigenvalue weighted by Gasteiger charge is -2.36. The number of ether oxygens (including phenoxy) is 1. The number of halogens is 1. The Morgan fingerprint density at radius 3 is 2.59 bits per heavy atom. The fourth-order valence-corrected chi connectivity index (χ4v) is 4.79. The Labute approximate surface area is 176 Å². The van der Waals surface area contributed by atoms with Gasteiger partial charge in [-0.05, 0) is 49.4 Å². The molecule has 1 aliphatic rings. The van der Waals surface area contributed by atoms with E-state index in [0.717, 1.165) is 0 Å². The molecule has 2 N–H and O–H groups in total. The molecule has 6 heteroatoms. The fourth-order valence-electron chi connectivity index (χ4n) is 4.44. The fraction of sp³-hybridized carbons (Fsp3) is 0.391. The van der Waals surface area contributed by atoms with E-state index < -0.39 is 5.41 Å². The van der Waals surface area contributed by atoms with E-state index in [9.17, 15) is 14.3 Å². The summed E-state index contributed by atoms with van der Waals surface area (Å²) in [5.74, 6) is -0.845. The number of carbonyl (C=O) groups is 1. The first-order valence-corrected chi connectivity index (χ1v) is 10.3. The van der Waals surface area contributed by atoms with Crippen LogP contribution < -0.4 is 5.32 Å². The number of nitrogens with one attached hydrogen (secondary N) is 1. The number of aliphatic hydroxyl groups excluding tert-OH is 1. The van der Waals surface area contributed by atoms with Gasteiger partial charge in [0, 0.05) is 30.6 Å². The van der Waals surface area contributed by atoms with Crippen molar-refractivity contribution < 1.29 is 19.0 Å². The largest absolute Gasteiger partial charge is 0.396 e. The van der Waals surface area contributed by atoms with Crippen LogP contribution in [0.4, 0.5) is 4.39 Å². The van der Waals surface area contributed by atoms with Crippen molar-refractivity contribution in [2.75, 3.05) is 13.2 Å². The van der Waals surface area contributed by atoms with E-state index in [1.54, 1.807) is 42.5 Å². The molecular weight excluding hydrogens is 389 g/mol. The van der Waals surface area contributed by atoms with Crippen molar-refractivity contribution in [3.63, 3.8) is 0 Å². The Morgan fingerprint density at radius 1 is 1.24 bits per heavy atom. The number of hydrogen-bond acceptors (Lipinski definition) is 4. The second-order valence-electron chi connectivity index (χ2n) is 7.45. The minimum atomic E-state index is -0.735. The molecule has 0 radical (unpaired) electrons. The average Bonchev–Trinajstić information content (AvgIpc) is 3.06. The number of benzene rings is 2. The number of aliphatic hydroxyl groups is 1. The smallest absolute Gasteiger partial charge is 0.256 e. The summed E-state index contributed by atoms with van der Waals surface area (Å²) in [6.45, 7) is 2.36. The van der Waals surface area contributed by atoms with Gasteiger partial charge in [0.25, 0.3) is 5.91 Å². The number of amides is 1. The maximum absolute atomic E-state index is 14.8. The van der Waals surface area contributed by atoms with Gasteiger partial charge in [-0.2, -0.15) is 0 Å². The van der Waals surface area contributed by atoms with Crippen LogP contribution in [0.3, 0.4) is 0 Å². The van der Waals surface area contributed by atoms with Crippen molar-refractivity contribution in [2.24, 2.45) is 5.92 Å². The standard InChI is InChI=1S/C23H26FNO3S/c1-2-28-18-12-17(15-26)23(13-18,19-10-6-7-11-20(19)24)14-21(29)25-22(27)16-8-4-3-5-9-16/h3-11,17-18,26H,2,12-15H2,1H3,(H,25,27,29)/t17-,18-,23-/m0/s1. The molecule has 29 heavy (non-hydrogen) atoms. The summed E-state index contributed by atoms with van der Waals surface area (Å²) in [6, 6.07) is 15.4. The minimum Gasteiger partial charge on any atom is -0.396 e. The Bertz CT molecular complexity index is 860. The molecule has 0 aliphatic heterocycles. The molecule has 0 spiro atoms. The third kappa shape index (κ3) is 4.71. The Kier molecular flexibility index (Phi) is 7.11. The zero-order chi connectivity index (χ0) is 20.9. The van der Waals surface area contributed by atoms with Crippen molar-refractivity contribution in [2.45, 2.75) is 37.7 Å². The van der Waals surface area contributed by atoms with Crippen LogP contribution in [0.5, 0.6) is 0 Å². The molecule has 0 bridgehead atoms. The van der Waals surface area contributed by atoms with Gasteiger partial charge in [-0.15, -0.1) is 0 Å². The summed E-state index contributed by atoms with van der Waals surface area (Å²) in [7, 11) is 0.